The fraction of sp³-hybridized carbons (Fsp3) is 0.647. The van der Waals surface area contributed by atoms with Crippen LogP contribution in [-0.2, 0) is 0 Å². The fourth-order valence-corrected chi connectivity index (χ4v) is 2.41. The highest BCUT2D eigenvalue weighted by molar-refractivity contribution is 5.27. The summed E-state index contributed by atoms with van der Waals surface area (Å²) < 4.78 is 0. The summed E-state index contributed by atoms with van der Waals surface area (Å²) in [6, 6.07) is 8.15. The second-order valence-corrected chi connectivity index (χ2v) is 5.28. The Balaban J connectivity index is 2.14. The van der Waals surface area contributed by atoms with Crippen LogP contribution in [0, 0.1) is 6.92 Å². The Morgan fingerprint density at radius 3 is 2.22 bits per heavy atom. The topological polar surface area (TPSA) is 20.2 Å². The van der Waals surface area contributed by atoms with Gasteiger partial charge >= 0.3 is 0 Å². The van der Waals surface area contributed by atoms with E-state index in [1.807, 2.05) is 18.2 Å². The molecule has 0 saturated carbocycles. The summed E-state index contributed by atoms with van der Waals surface area (Å²) in [4.78, 5) is 0. The molecule has 0 amide bonds. The molecule has 18 heavy (non-hydrogen) atoms. The molecule has 0 fully saturated rings. The third kappa shape index (κ3) is 5.68. The summed E-state index contributed by atoms with van der Waals surface area (Å²) in [6.45, 7) is 4.32. The minimum Gasteiger partial charge on any atom is -0.388 e. The molecule has 1 nitrogen and oxygen atoms in total. The van der Waals surface area contributed by atoms with Gasteiger partial charge in [0.05, 0.1) is 6.10 Å². The predicted molar refractivity (Wildman–Crippen MR) is 78.7 cm³/mol. The van der Waals surface area contributed by atoms with Crippen LogP contribution in [0.2, 0.25) is 0 Å². The summed E-state index contributed by atoms with van der Waals surface area (Å²) in [5.41, 5.74) is 2.30. The maximum Gasteiger partial charge on any atom is 0.0792 e. The highest BCUT2D eigenvalue weighted by Gasteiger charge is 2.08. The van der Waals surface area contributed by atoms with Gasteiger partial charge in [-0.05, 0) is 24.5 Å². The van der Waals surface area contributed by atoms with E-state index in [1.54, 1.807) is 0 Å². The van der Waals surface area contributed by atoms with Crippen molar-refractivity contribution in [3.8, 4) is 0 Å². The first-order chi connectivity index (χ1) is 8.75. The lowest BCUT2D eigenvalue weighted by Gasteiger charge is -2.13. The number of aryl methyl sites for hydroxylation is 1. The molecule has 1 aromatic rings. The third-order valence-electron chi connectivity index (χ3n) is 3.63. The Morgan fingerprint density at radius 1 is 0.944 bits per heavy atom. The number of hydrogen-bond acceptors (Lipinski definition) is 1. The first kappa shape index (κ1) is 15.2. The minimum atomic E-state index is -0.276. The maximum absolute atomic E-state index is 10.1. The lowest BCUT2D eigenvalue weighted by Crippen LogP contribution is -1.99. The van der Waals surface area contributed by atoms with Gasteiger partial charge in [0.1, 0.15) is 0 Å². The monoisotopic (exact) mass is 248 g/mol. The zero-order valence-electron chi connectivity index (χ0n) is 12.0. The van der Waals surface area contributed by atoms with E-state index < -0.39 is 0 Å². The van der Waals surface area contributed by atoms with Gasteiger partial charge in [-0.2, -0.15) is 0 Å². The van der Waals surface area contributed by atoms with Gasteiger partial charge in [-0.15, -0.1) is 0 Å². The molecule has 0 aliphatic carbocycles. The van der Waals surface area contributed by atoms with E-state index in [4.69, 9.17) is 0 Å². The molecule has 0 aliphatic rings. The summed E-state index contributed by atoms with van der Waals surface area (Å²) in [5, 5.41) is 10.1. The molecule has 0 aliphatic heterocycles. The van der Waals surface area contributed by atoms with Crippen LogP contribution in [0.1, 0.15) is 75.5 Å². The van der Waals surface area contributed by atoms with E-state index in [0.717, 1.165) is 18.4 Å². The number of aliphatic hydroxyl groups excluding tert-OH is 1. The first-order valence-corrected chi connectivity index (χ1v) is 7.49. The molecule has 0 radical (unpaired) electrons. The number of benzene rings is 1. The van der Waals surface area contributed by atoms with Crippen molar-refractivity contribution < 1.29 is 5.11 Å². The van der Waals surface area contributed by atoms with Gasteiger partial charge in [0.25, 0.3) is 0 Å². The maximum atomic E-state index is 10.1. The lowest BCUT2D eigenvalue weighted by molar-refractivity contribution is 0.162. The normalized spacial score (nSPS) is 12.6. The highest BCUT2D eigenvalue weighted by atomic mass is 16.3. The molecule has 1 unspecified atom stereocenters. The molecule has 1 heteroatoms. The quantitative estimate of drug-likeness (QED) is 0.598. The van der Waals surface area contributed by atoms with Crippen molar-refractivity contribution in [3.05, 3.63) is 35.4 Å². The molecular weight excluding hydrogens is 220 g/mol. The summed E-state index contributed by atoms with van der Waals surface area (Å²) in [7, 11) is 0. The van der Waals surface area contributed by atoms with Gasteiger partial charge in [0.15, 0.2) is 0 Å². The van der Waals surface area contributed by atoms with Gasteiger partial charge in [-0.3, -0.25) is 0 Å². The first-order valence-electron chi connectivity index (χ1n) is 7.49. The Bertz CT molecular complexity index is 319. The number of aliphatic hydroxyl groups is 1. The van der Waals surface area contributed by atoms with Crippen molar-refractivity contribution in [3.63, 3.8) is 0 Å². The molecule has 1 aromatic carbocycles. The average Bonchev–Trinajstić information content (AvgIpc) is 2.38. The van der Waals surface area contributed by atoms with Crippen molar-refractivity contribution in [1.29, 1.82) is 0 Å². The SMILES string of the molecule is CCCCCCCCCC(O)c1ccccc1C. The zero-order valence-corrected chi connectivity index (χ0v) is 12.0. The molecule has 0 heterocycles. The molecule has 0 saturated heterocycles. The molecule has 0 aromatic heterocycles. The average molecular weight is 248 g/mol. The summed E-state index contributed by atoms with van der Waals surface area (Å²) in [6.07, 6.45) is 9.75. The van der Waals surface area contributed by atoms with Crippen LogP contribution in [0.5, 0.6) is 0 Å². The van der Waals surface area contributed by atoms with Crippen molar-refractivity contribution in [2.45, 2.75) is 71.3 Å². The van der Waals surface area contributed by atoms with Crippen LogP contribution in [-0.4, -0.2) is 5.11 Å². The highest BCUT2D eigenvalue weighted by Crippen LogP contribution is 2.22. The molecule has 0 bridgehead atoms. The molecular formula is C17H28O. The van der Waals surface area contributed by atoms with E-state index in [9.17, 15) is 5.11 Å². The Labute approximate surface area is 112 Å². The summed E-state index contributed by atoms with van der Waals surface area (Å²) >= 11 is 0. The van der Waals surface area contributed by atoms with E-state index in [1.165, 1.54) is 44.1 Å². The zero-order chi connectivity index (χ0) is 13.2. The number of unbranched alkanes of at least 4 members (excludes halogenated alkanes) is 6. The molecule has 1 atom stereocenters. The van der Waals surface area contributed by atoms with Crippen molar-refractivity contribution in [2.75, 3.05) is 0 Å². The van der Waals surface area contributed by atoms with Gasteiger partial charge in [-0.25, -0.2) is 0 Å². The molecule has 102 valence electrons. The smallest absolute Gasteiger partial charge is 0.0792 e. The van der Waals surface area contributed by atoms with E-state index >= 15 is 0 Å². The van der Waals surface area contributed by atoms with Crippen LogP contribution < -0.4 is 0 Å². The van der Waals surface area contributed by atoms with E-state index in [0.29, 0.717) is 0 Å². The van der Waals surface area contributed by atoms with E-state index in [-0.39, 0.29) is 6.10 Å². The van der Waals surface area contributed by atoms with Crippen LogP contribution in [0.3, 0.4) is 0 Å². The number of hydrogen-bond donors (Lipinski definition) is 1. The van der Waals surface area contributed by atoms with Crippen LogP contribution in [0.25, 0.3) is 0 Å². The predicted octanol–water partition coefficient (Wildman–Crippen LogP) is 5.17. The third-order valence-corrected chi connectivity index (χ3v) is 3.63. The van der Waals surface area contributed by atoms with Crippen LogP contribution in [0.15, 0.2) is 24.3 Å². The van der Waals surface area contributed by atoms with Crippen molar-refractivity contribution in [1.82, 2.24) is 0 Å². The van der Waals surface area contributed by atoms with Crippen molar-refractivity contribution in [2.24, 2.45) is 0 Å². The number of rotatable bonds is 9. The largest absolute Gasteiger partial charge is 0.388 e. The van der Waals surface area contributed by atoms with Crippen molar-refractivity contribution >= 4 is 0 Å². The lowest BCUT2D eigenvalue weighted by atomic mass is 9.98. The van der Waals surface area contributed by atoms with Gasteiger partial charge in [0, 0.05) is 0 Å². The second kappa shape index (κ2) is 9.16. The van der Waals surface area contributed by atoms with Gasteiger partial charge < -0.3 is 5.11 Å². The Morgan fingerprint density at radius 2 is 1.56 bits per heavy atom. The fourth-order valence-electron chi connectivity index (χ4n) is 2.41. The Kier molecular flexibility index (Phi) is 7.75. The molecule has 1 rings (SSSR count). The molecule has 0 spiro atoms. The van der Waals surface area contributed by atoms with E-state index in [2.05, 4.69) is 19.9 Å². The Hall–Kier alpha value is -0.820. The molecule has 1 N–H and O–H groups in total. The second-order valence-electron chi connectivity index (χ2n) is 5.28. The minimum absolute atomic E-state index is 0.276. The van der Waals surface area contributed by atoms with Crippen LogP contribution >= 0.6 is 0 Å². The summed E-state index contributed by atoms with van der Waals surface area (Å²) in [5.74, 6) is 0. The van der Waals surface area contributed by atoms with Gasteiger partial charge in [0.2, 0.25) is 0 Å². The van der Waals surface area contributed by atoms with Crippen LogP contribution in [0.4, 0.5) is 0 Å². The standard InChI is InChI=1S/C17H28O/c1-3-4-5-6-7-8-9-14-17(18)16-13-11-10-12-15(16)2/h10-13,17-18H,3-9,14H2,1-2H3. The van der Waals surface area contributed by atoms with Gasteiger partial charge in [-0.1, -0.05) is 76.1 Å².